The van der Waals surface area contributed by atoms with Crippen LogP contribution in [-0.4, -0.2) is 35.4 Å². The van der Waals surface area contributed by atoms with Crippen LogP contribution < -0.4 is 10.1 Å². The molecule has 8 heteroatoms. The fourth-order valence-electron chi connectivity index (χ4n) is 2.66. The molecule has 0 saturated heterocycles. The summed E-state index contributed by atoms with van der Waals surface area (Å²) < 4.78 is 5.59. The molecule has 2 amide bonds. The molecular weight excluding hydrogens is 447 g/mol. The van der Waals surface area contributed by atoms with Gasteiger partial charge in [0, 0.05) is 33.2 Å². The van der Waals surface area contributed by atoms with Crippen LogP contribution in [0.3, 0.4) is 0 Å². The van der Waals surface area contributed by atoms with Gasteiger partial charge >= 0.3 is 0 Å². The molecule has 0 aliphatic carbocycles. The third-order valence-corrected chi connectivity index (χ3v) is 5.69. The highest BCUT2D eigenvalue weighted by atomic mass is 35.5. The zero-order valence-electron chi connectivity index (χ0n) is 17.1. The first-order valence-corrected chi connectivity index (χ1v) is 10.8. The molecule has 0 saturated carbocycles. The minimum atomic E-state index is -0.743. The van der Waals surface area contributed by atoms with E-state index in [-0.39, 0.29) is 31.0 Å². The summed E-state index contributed by atoms with van der Waals surface area (Å²) in [5, 5.41) is 4.32. The molecule has 0 spiro atoms. The average molecular weight is 472 g/mol. The maximum absolute atomic E-state index is 13.0. The molecule has 0 aliphatic rings. The zero-order valence-corrected chi connectivity index (χ0v) is 19.4. The van der Waals surface area contributed by atoms with Crippen LogP contribution >= 0.6 is 34.8 Å². The summed E-state index contributed by atoms with van der Waals surface area (Å²) in [5.74, 6) is -0.125. The lowest BCUT2D eigenvalue weighted by atomic mass is 10.1. The van der Waals surface area contributed by atoms with E-state index in [0.717, 1.165) is 6.42 Å². The maximum atomic E-state index is 13.0. The first-order chi connectivity index (χ1) is 14.2. The number of nitrogens with one attached hydrogen (secondary N) is 1. The molecule has 0 unspecified atom stereocenters. The van der Waals surface area contributed by atoms with Crippen LogP contribution in [0.1, 0.15) is 32.8 Å². The molecule has 0 aromatic heterocycles. The van der Waals surface area contributed by atoms with Crippen molar-refractivity contribution >= 4 is 46.6 Å². The Bertz CT molecular complexity index is 854. The summed E-state index contributed by atoms with van der Waals surface area (Å²) >= 11 is 18.5. The number of nitrogens with zero attached hydrogens (tertiary/aromatic N) is 1. The van der Waals surface area contributed by atoms with Crippen molar-refractivity contribution in [1.82, 2.24) is 10.2 Å². The Balaban J connectivity index is 2.21. The van der Waals surface area contributed by atoms with Gasteiger partial charge in [-0.1, -0.05) is 47.8 Å². The molecule has 0 heterocycles. The maximum Gasteiger partial charge on any atom is 0.261 e. The first kappa shape index (κ1) is 24.3. The van der Waals surface area contributed by atoms with Crippen LogP contribution in [0.25, 0.3) is 0 Å². The van der Waals surface area contributed by atoms with Crippen LogP contribution in [0.2, 0.25) is 15.1 Å². The Morgan fingerprint density at radius 1 is 1.03 bits per heavy atom. The lowest BCUT2D eigenvalue weighted by molar-refractivity contribution is -0.142. The summed E-state index contributed by atoms with van der Waals surface area (Å²) in [6.07, 6.45) is 0.780. The van der Waals surface area contributed by atoms with Gasteiger partial charge in [-0.3, -0.25) is 9.59 Å². The van der Waals surface area contributed by atoms with Gasteiger partial charge in [0.15, 0.2) is 6.61 Å². The number of benzene rings is 2. The molecule has 0 fully saturated rings. The summed E-state index contributed by atoms with van der Waals surface area (Å²) in [4.78, 5) is 27.1. The fourth-order valence-corrected chi connectivity index (χ4v) is 3.30. The number of hydrogen-bond donors (Lipinski definition) is 1. The largest absolute Gasteiger partial charge is 0.484 e. The third kappa shape index (κ3) is 6.79. The van der Waals surface area contributed by atoms with Gasteiger partial charge in [-0.05, 0) is 56.7 Å². The quantitative estimate of drug-likeness (QED) is 0.536. The number of carbonyl (C=O) groups is 2. The number of hydrogen-bond acceptors (Lipinski definition) is 3. The van der Waals surface area contributed by atoms with Crippen LogP contribution in [0.4, 0.5) is 0 Å². The van der Waals surface area contributed by atoms with Gasteiger partial charge in [0.05, 0.1) is 0 Å². The minimum Gasteiger partial charge on any atom is -0.484 e. The standard InChI is InChI=1S/C22H25Cl3N2O3/c1-4-14(2)26-22(29)15(3)27(12-18-19(24)6-5-7-20(18)25)21(28)13-30-17-10-8-16(23)9-11-17/h5-11,14-15H,4,12-13H2,1-3H3,(H,26,29)/t14-,15+/m1/s1. The Morgan fingerprint density at radius 3 is 2.20 bits per heavy atom. The third-order valence-electron chi connectivity index (χ3n) is 4.73. The molecule has 1 N–H and O–H groups in total. The lowest BCUT2D eigenvalue weighted by Crippen LogP contribution is -2.50. The van der Waals surface area contributed by atoms with E-state index in [0.29, 0.717) is 26.4 Å². The lowest BCUT2D eigenvalue weighted by Gasteiger charge is -2.30. The van der Waals surface area contributed by atoms with Crippen LogP contribution in [0.15, 0.2) is 42.5 Å². The summed E-state index contributed by atoms with van der Waals surface area (Å²) in [6.45, 7) is 5.39. The van der Waals surface area contributed by atoms with Crippen molar-refractivity contribution < 1.29 is 14.3 Å². The monoisotopic (exact) mass is 470 g/mol. The van der Waals surface area contributed by atoms with Crippen molar-refractivity contribution in [2.45, 2.75) is 45.8 Å². The fraction of sp³-hybridized carbons (Fsp3) is 0.364. The van der Waals surface area contributed by atoms with E-state index < -0.39 is 6.04 Å². The molecular formula is C22H25Cl3N2O3. The van der Waals surface area contributed by atoms with Gasteiger partial charge in [0.2, 0.25) is 5.91 Å². The van der Waals surface area contributed by atoms with E-state index >= 15 is 0 Å². The van der Waals surface area contributed by atoms with Gasteiger partial charge in [-0.25, -0.2) is 0 Å². The summed E-state index contributed by atoms with van der Waals surface area (Å²) in [6, 6.07) is 11.0. The molecule has 2 aromatic rings. The highest BCUT2D eigenvalue weighted by molar-refractivity contribution is 6.36. The number of rotatable bonds is 9. The average Bonchev–Trinajstić information content (AvgIpc) is 2.72. The Hall–Kier alpha value is -1.95. The van der Waals surface area contributed by atoms with Crippen molar-refractivity contribution in [2.75, 3.05) is 6.61 Å². The first-order valence-electron chi connectivity index (χ1n) is 9.64. The van der Waals surface area contributed by atoms with E-state index in [1.54, 1.807) is 49.4 Å². The topological polar surface area (TPSA) is 58.6 Å². The van der Waals surface area contributed by atoms with Gasteiger partial charge in [-0.15, -0.1) is 0 Å². The van der Waals surface area contributed by atoms with Crippen LogP contribution in [0.5, 0.6) is 5.75 Å². The summed E-state index contributed by atoms with van der Waals surface area (Å²) in [5.41, 5.74) is 0.573. The SMILES string of the molecule is CC[C@@H](C)NC(=O)[C@H](C)N(Cc1c(Cl)cccc1Cl)C(=O)COc1ccc(Cl)cc1. The van der Waals surface area contributed by atoms with E-state index in [9.17, 15) is 9.59 Å². The molecule has 30 heavy (non-hydrogen) atoms. The highest BCUT2D eigenvalue weighted by Crippen LogP contribution is 2.26. The van der Waals surface area contributed by atoms with Gasteiger partial charge in [0.1, 0.15) is 11.8 Å². The van der Waals surface area contributed by atoms with Crippen molar-refractivity contribution in [3.8, 4) is 5.75 Å². The highest BCUT2D eigenvalue weighted by Gasteiger charge is 2.28. The van der Waals surface area contributed by atoms with E-state index in [4.69, 9.17) is 39.5 Å². The van der Waals surface area contributed by atoms with Gasteiger partial charge < -0.3 is 15.0 Å². The molecule has 0 bridgehead atoms. The Labute approximate surface area is 192 Å². The number of halogens is 3. The molecule has 2 aromatic carbocycles. The van der Waals surface area contributed by atoms with Gasteiger partial charge in [0.25, 0.3) is 5.91 Å². The Kier molecular flexibility index (Phi) is 9.28. The molecule has 5 nitrogen and oxygen atoms in total. The summed E-state index contributed by atoms with van der Waals surface area (Å²) in [7, 11) is 0. The van der Waals surface area contributed by atoms with Crippen molar-refractivity contribution in [2.24, 2.45) is 0 Å². The second kappa shape index (κ2) is 11.4. The minimum absolute atomic E-state index is 0.00822. The normalized spacial score (nSPS) is 12.7. The number of amides is 2. The molecule has 0 aliphatic heterocycles. The Morgan fingerprint density at radius 2 is 1.63 bits per heavy atom. The van der Waals surface area contributed by atoms with Crippen molar-refractivity contribution in [3.63, 3.8) is 0 Å². The van der Waals surface area contributed by atoms with Gasteiger partial charge in [-0.2, -0.15) is 0 Å². The van der Waals surface area contributed by atoms with Crippen molar-refractivity contribution in [1.29, 1.82) is 0 Å². The van der Waals surface area contributed by atoms with Crippen LogP contribution in [-0.2, 0) is 16.1 Å². The molecule has 162 valence electrons. The predicted octanol–water partition coefficient (Wildman–Crippen LogP) is 5.36. The smallest absolute Gasteiger partial charge is 0.261 e. The van der Waals surface area contributed by atoms with Crippen molar-refractivity contribution in [3.05, 3.63) is 63.1 Å². The van der Waals surface area contributed by atoms with E-state index in [1.165, 1.54) is 4.90 Å². The zero-order chi connectivity index (χ0) is 22.3. The van der Waals surface area contributed by atoms with Crippen LogP contribution in [0, 0.1) is 0 Å². The molecule has 2 atom stereocenters. The number of carbonyl (C=O) groups excluding carboxylic acids is 2. The number of ether oxygens (including phenoxy) is 1. The molecule has 2 rings (SSSR count). The molecule has 0 radical (unpaired) electrons. The predicted molar refractivity (Wildman–Crippen MR) is 121 cm³/mol. The van der Waals surface area contributed by atoms with E-state index in [2.05, 4.69) is 5.32 Å². The second-order valence-corrected chi connectivity index (χ2v) is 8.21. The van der Waals surface area contributed by atoms with E-state index in [1.807, 2.05) is 13.8 Å². The second-order valence-electron chi connectivity index (χ2n) is 6.96.